The smallest absolute Gasteiger partial charge is 0.382 e. The van der Waals surface area contributed by atoms with Crippen LogP contribution in [0.25, 0.3) is 0 Å². The van der Waals surface area contributed by atoms with Crippen molar-refractivity contribution in [2.45, 2.75) is 26.1 Å². The van der Waals surface area contributed by atoms with Crippen molar-refractivity contribution in [1.29, 1.82) is 0 Å². The minimum atomic E-state index is -4.28. The lowest BCUT2D eigenvalue weighted by Crippen LogP contribution is -2.29. The highest BCUT2D eigenvalue weighted by Crippen LogP contribution is 2.29. The van der Waals surface area contributed by atoms with Gasteiger partial charge in [-0.2, -0.15) is 13.2 Å². The van der Waals surface area contributed by atoms with Gasteiger partial charge in [-0.05, 0) is 43.7 Å². The number of benzene rings is 1. The molecule has 96 valence electrons. The van der Waals surface area contributed by atoms with E-state index in [1.807, 2.05) is 13.8 Å². The second kappa shape index (κ2) is 5.40. The Morgan fingerprint density at radius 2 is 1.71 bits per heavy atom. The van der Waals surface area contributed by atoms with Gasteiger partial charge in [0.25, 0.3) is 0 Å². The van der Waals surface area contributed by atoms with Gasteiger partial charge in [0, 0.05) is 11.7 Å². The summed E-state index contributed by atoms with van der Waals surface area (Å²) < 4.78 is 37.0. The van der Waals surface area contributed by atoms with Gasteiger partial charge in [-0.25, -0.2) is 0 Å². The molecule has 0 bridgehead atoms. The van der Waals surface area contributed by atoms with Crippen LogP contribution in [0.15, 0.2) is 24.3 Å². The first kappa shape index (κ1) is 13.8. The van der Waals surface area contributed by atoms with E-state index >= 15 is 0 Å². The van der Waals surface area contributed by atoms with Crippen LogP contribution in [0.4, 0.5) is 18.9 Å². The van der Waals surface area contributed by atoms with Crippen LogP contribution in [0.3, 0.4) is 0 Å². The molecule has 0 saturated heterocycles. The molecule has 1 aromatic carbocycles. The van der Waals surface area contributed by atoms with E-state index in [0.29, 0.717) is 12.2 Å². The van der Waals surface area contributed by atoms with Crippen molar-refractivity contribution in [2.75, 3.05) is 11.9 Å². The molecule has 2 nitrogen and oxygen atoms in total. The summed E-state index contributed by atoms with van der Waals surface area (Å²) in [4.78, 5) is 0. The lowest BCUT2D eigenvalue weighted by Gasteiger charge is -2.21. The number of halogens is 3. The van der Waals surface area contributed by atoms with Crippen molar-refractivity contribution in [3.63, 3.8) is 0 Å². The second-order valence-corrected chi connectivity index (χ2v) is 4.22. The predicted molar refractivity (Wildman–Crippen MR) is 62.7 cm³/mol. The molecule has 0 aliphatic heterocycles. The molecule has 3 N–H and O–H groups in total. The Balaban J connectivity index is 2.69. The Bertz CT molecular complexity index is 346. The highest BCUT2D eigenvalue weighted by Gasteiger charge is 2.29. The van der Waals surface area contributed by atoms with E-state index in [4.69, 9.17) is 5.73 Å². The van der Waals surface area contributed by atoms with Gasteiger partial charge in [0.05, 0.1) is 5.56 Å². The molecule has 0 fully saturated rings. The van der Waals surface area contributed by atoms with Crippen LogP contribution >= 0.6 is 0 Å². The van der Waals surface area contributed by atoms with Crippen LogP contribution in [0, 0.1) is 5.92 Å². The minimum Gasteiger partial charge on any atom is -0.382 e. The highest BCUT2D eigenvalue weighted by molar-refractivity contribution is 5.45. The first-order valence-corrected chi connectivity index (χ1v) is 5.48. The predicted octanol–water partition coefficient (Wildman–Crippen LogP) is 3.10. The number of hydrogen-bond acceptors (Lipinski definition) is 2. The van der Waals surface area contributed by atoms with E-state index in [9.17, 15) is 13.2 Å². The van der Waals surface area contributed by atoms with Crippen molar-refractivity contribution >= 4 is 5.69 Å². The monoisotopic (exact) mass is 246 g/mol. The standard InChI is InChI=1S/C12H17F3N2/c1-8(7-16)9(2)17-11-5-3-10(4-6-11)12(13,14)15/h3-6,8-9,17H,7,16H2,1-2H3. The topological polar surface area (TPSA) is 38.0 Å². The Hall–Kier alpha value is -1.23. The van der Waals surface area contributed by atoms with E-state index in [0.717, 1.165) is 12.1 Å². The average Bonchev–Trinajstić information content (AvgIpc) is 2.27. The first-order chi connectivity index (χ1) is 7.84. The number of nitrogens with one attached hydrogen (secondary N) is 1. The molecule has 2 unspecified atom stereocenters. The fourth-order valence-electron chi connectivity index (χ4n) is 1.36. The van der Waals surface area contributed by atoms with Crippen LogP contribution in [-0.4, -0.2) is 12.6 Å². The Labute approximate surface area is 99.0 Å². The fourth-order valence-corrected chi connectivity index (χ4v) is 1.36. The summed E-state index contributed by atoms with van der Waals surface area (Å²) in [5.74, 6) is 0.261. The van der Waals surface area contributed by atoms with Crippen LogP contribution < -0.4 is 11.1 Å². The summed E-state index contributed by atoms with van der Waals surface area (Å²) in [7, 11) is 0. The summed E-state index contributed by atoms with van der Waals surface area (Å²) in [5.41, 5.74) is 5.55. The zero-order valence-electron chi connectivity index (χ0n) is 9.88. The van der Waals surface area contributed by atoms with Crippen molar-refractivity contribution < 1.29 is 13.2 Å². The molecule has 1 aromatic rings. The zero-order valence-corrected chi connectivity index (χ0v) is 9.88. The van der Waals surface area contributed by atoms with Crippen molar-refractivity contribution in [2.24, 2.45) is 11.7 Å². The Morgan fingerprint density at radius 3 is 2.12 bits per heavy atom. The third-order valence-electron chi connectivity index (χ3n) is 2.83. The molecule has 0 aliphatic rings. The maximum absolute atomic E-state index is 12.3. The van der Waals surface area contributed by atoms with Gasteiger partial charge in [0.1, 0.15) is 0 Å². The van der Waals surface area contributed by atoms with Crippen LogP contribution in [0.1, 0.15) is 19.4 Å². The number of anilines is 1. The maximum atomic E-state index is 12.3. The minimum absolute atomic E-state index is 0.122. The molecular weight excluding hydrogens is 229 g/mol. The molecule has 0 aliphatic carbocycles. The van der Waals surface area contributed by atoms with Crippen molar-refractivity contribution in [3.05, 3.63) is 29.8 Å². The van der Waals surface area contributed by atoms with Gasteiger partial charge in [-0.15, -0.1) is 0 Å². The maximum Gasteiger partial charge on any atom is 0.416 e. The molecule has 0 aromatic heterocycles. The summed E-state index contributed by atoms with van der Waals surface area (Å²) in [6, 6.07) is 5.13. The molecule has 0 saturated carbocycles. The normalized spacial score (nSPS) is 15.4. The van der Waals surface area contributed by atoms with Crippen LogP contribution in [0.5, 0.6) is 0 Å². The molecule has 0 amide bonds. The average molecular weight is 246 g/mol. The van der Waals surface area contributed by atoms with Gasteiger partial charge >= 0.3 is 6.18 Å². The third-order valence-corrected chi connectivity index (χ3v) is 2.83. The van der Waals surface area contributed by atoms with Crippen molar-refractivity contribution in [3.8, 4) is 0 Å². The SMILES string of the molecule is CC(CN)C(C)Nc1ccc(C(F)(F)F)cc1. The van der Waals surface area contributed by atoms with Crippen molar-refractivity contribution in [1.82, 2.24) is 0 Å². The summed E-state index contributed by atoms with van der Waals surface area (Å²) in [5, 5.41) is 3.12. The second-order valence-electron chi connectivity index (χ2n) is 4.22. The Kier molecular flexibility index (Phi) is 4.40. The largest absolute Gasteiger partial charge is 0.416 e. The van der Waals surface area contributed by atoms with Gasteiger partial charge in [-0.1, -0.05) is 6.92 Å². The van der Waals surface area contributed by atoms with E-state index in [1.165, 1.54) is 12.1 Å². The van der Waals surface area contributed by atoms with Gasteiger partial charge < -0.3 is 11.1 Å². The molecule has 0 spiro atoms. The summed E-state index contributed by atoms with van der Waals surface area (Å²) >= 11 is 0. The molecule has 1 rings (SSSR count). The highest BCUT2D eigenvalue weighted by atomic mass is 19.4. The molecule has 0 heterocycles. The summed E-state index contributed by atoms with van der Waals surface area (Å²) in [6.45, 7) is 4.48. The molecular formula is C12H17F3N2. The first-order valence-electron chi connectivity index (χ1n) is 5.48. The molecule has 2 atom stereocenters. The van der Waals surface area contributed by atoms with Gasteiger partial charge in [0.15, 0.2) is 0 Å². The summed E-state index contributed by atoms with van der Waals surface area (Å²) in [6.07, 6.45) is -4.28. The van der Waals surface area contributed by atoms with Crippen LogP contribution in [0.2, 0.25) is 0 Å². The third kappa shape index (κ3) is 3.93. The van der Waals surface area contributed by atoms with E-state index in [1.54, 1.807) is 0 Å². The Morgan fingerprint density at radius 1 is 1.18 bits per heavy atom. The van der Waals surface area contributed by atoms with Gasteiger partial charge in [0.2, 0.25) is 0 Å². The lowest BCUT2D eigenvalue weighted by molar-refractivity contribution is -0.137. The number of alkyl halides is 3. The molecule has 5 heteroatoms. The van der Waals surface area contributed by atoms with Gasteiger partial charge in [-0.3, -0.25) is 0 Å². The number of nitrogens with two attached hydrogens (primary N) is 1. The van der Waals surface area contributed by atoms with E-state index in [2.05, 4.69) is 5.32 Å². The van der Waals surface area contributed by atoms with E-state index < -0.39 is 11.7 Å². The van der Waals surface area contributed by atoms with Crippen LogP contribution in [-0.2, 0) is 6.18 Å². The van der Waals surface area contributed by atoms with E-state index in [-0.39, 0.29) is 12.0 Å². The quantitative estimate of drug-likeness (QED) is 0.856. The number of hydrogen-bond donors (Lipinski definition) is 2. The molecule has 0 radical (unpaired) electrons. The zero-order chi connectivity index (χ0) is 13.1. The molecule has 17 heavy (non-hydrogen) atoms. The lowest BCUT2D eigenvalue weighted by atomic mass is 10.0. The fraction of sp³-hybridized carbons (Fsp3) is 0.500. The number of rotatable bonds is 4.